The summed E-state index contributed by atoms with van der Waals surface area (Å²) in [6.45, 7) is 3.10. The fourth-order valence-electron chi connectivity index (χ4n) is 6.16. The molecule has 1 aromatic heterocycles. The van der Waals surface area contributed by atoms with Crippen molar-refractivity contribution in [3.63, 3.8) is 0 Å². The number of carboxylic acid groups (broad SMARTS) is 1. The maximum atomic E-state index is 12.8. The second-order valence-electron chi connectivity index (χ2n) is 10.6. The van der Waals surface area contributed by atoms with Crippen LogP contribution in [0.25, 0.3) is 28.3 Å². The van der Waals surface area contributed by atoms with Crippen molar-refractivity contribution in [2.75, 3.05) is 24.5 Å². The van der Waals surface area contributed by atoms with E-state index in [4.69, 9.17) is 4.42 Å². The number of amides is 1. The standard InChI is InChI=1S/C32H31N3O5/c36-18-14-23-9-11-27-30(20-23)40-32(39)34(27)15-4-5-22-8-10-26(24-6-2-1-3-7-24)28(19-22)35(31(37)38)29-21-33-16-12-25(29)13-17-33/h1-11,18-20,25,29H,12-17,21H2,(H,37,38)/b5-4+/t29-/m0/s1. The molecule has 8 heteroatoms. The molecule has 40 heavy (non-hydrogen) atoms. The van der Waals surface area contributed by atoms with E-state index < -0.39 is 11.8 Å². The van der Waals surface area contributed by atoms with Gasteiger partial charge in [-0.25, -0.2) is 9.59 Å². The third-order valence-electron chi connectivity index (χ3n) is 8.18. The van der Waals surface area contributed by atoms with Gasteiger partial charge in [0.2, 0.25) is 0 Å². The number of piperidine rings is 3. The van der Waals surface area contributed by atoms with Crippen LogP contribution in [0.3, 0.4) is 0 Å². The van der Waals surface area contributed by atoms with Gasteiger partial charge in [0.25, 0.3) is 0 Å². The number of hydrogen-bond acceptors (Lipinski definition) is 5. The lowest BCUT2D eigenvalue weighted by Gasteiger charge is -2.48. The van der Waals surface area contributed by atoms with E-state index >= 15 is 0 Å². The first-order valence-electron chi connectivity index (χ1n) is 13.7. The molecule has 1 atom stereocenters. The zero-order chi connectivity index (χ0) is 27.6. The van der Waals surface area contributed by atoms with Crippen molar-refractivity contribution in [1.82, 2.24) is 9.47 Å². The van der Waals surface area contributed by atoms with Gasteiger partial charge in [0.1, 0.15) is 6.29 Å². The zero-order valence-electron chi connectivity index (χ0n) is 22.1. The van der Waals surface area contributed by atoms with Gasteiger partial charge < -0.3 is 19.2 Å². The first kappa shape index (κ1) is 25.8. The van der Waals surface area contributed by atoms with Crippen LogP contribution in [0, 0.1) is 5.92 Å². The van der Waals surface area contributed by atoms with Crippen LogP contribution in [0.4, 0.5) is 10.5 Å². The molecule has 0 aliphatic carbocycles. The van der Waals surface area contributed by atoms with Gasteiger partial charge >= 0.3 is 11.8 Å². The van der Waals surface area contributed by atoms with Gasteiger partial charge in [-0.2, -0.15) is 0 Å². The van der Waals surface area contributed by atoms with Crippen molar-refractivity contribution in [2.45, 2.75) is 31.8 Å². The number of carbonyl (C=O) groups is 2. The van der Waals surface area contributed by atoms with Gasteiger partial charge in [0.15, 0.2) is 5.58 Å². The summed E-state index contributed by atoms with van der Waals surface area (Å²) in [5, 5.41) is 10.5. The van der Waals surface area contributed by atoms with Crippen LogP contribution in [0.5, 0.6) is 0 Å². The Morgan fingerprint density at radius 3 is 2.55 bits per heavy atom. The van der Waals surface area contributed by atoms with Gasteiger partial charge in [0, 0.05) is 25.1 Å². The molecule has 8 nitrogen and oxygen atoms in total. The Balaban J connectivity index is 1.34. The van der Waals surface area contributed by atoms with E-state index in [1.807, 2.05) is 66.7 Å². The predicted octanol–water partition coefficient (Wildman–Crippen LogP) is 5.29. The molecule has 7 rings (SSSR count). The highest BCUT2D eigenvalue weighted by molar-refractivity contribution is 5.94. The number of carbonyl (C=O) groups excluding carboxylic acids is 1. The van der Waals surface area contributed by atoms with Crippen molar-refractivity contribution < 1.29 is 19.1 Å². The first-order valence-corrected chi connectivity index (χ1v) is 13.7. The number of nitrogens with zero attached hydrogens (tertiary/aromatic N) is 3. The second-order valence-corrected chi connectivity index (χ2v) is 10.6. The Bertz CT molecular complexity index is 1630. The van der Waals surface area contributed by atoms with Crippen LogP contribution >= 0.6 is 0 Å². The number of benzene rings is 3. The minimum Gasteiger partial charge on any atom is -0.465 e. The number of hydrogen-bond donors (Lipinski definition) is 1. The molecule has 3 aromatic carbocycles. The Kier molecular flexibility index (Phi) is 7.09. The monoisotopic (exact) mass is 537 g/mol. The van der Waals surface area contributed by atoms with Gasteiger partial charge in [-0.15, -0.1) is 0 Å². The summed E-state index contributed by atoms with van der Waals surface area (Å²) in [5.74, 6) is -0.125. The van der Waals surface area contributed by atoms with Gasteiger partial charge in [-0.1, -0.05) is 60.7 Å². The highest BCUT2D eigenvalue weighted by Crippen LogP contribution is 2.39. The lowest BCUT2D eigenvalue weighted by atomic mass is 9.82. The number of anilines is 1. The molecule has 0 spiro atoms. The van der Waals surface area contributed by atoms with E-state index in [-0.39, 0.29) is 19.0 Å². The highest BCUT2D eigenvalue weighted by Gasteiger charge is 2.40. The Labute approximate surface area is 231 Å². The molecule has 0 unspecified atom stereocenters. The van der Waals surface area contributed by atoms with Crippen LogP contribution in [0.2, 0.25) is 0 Å². The number of oxazole rings is 1. The SMILES string of the molecule is O=CCc1ccc2c(c1)oc(=O)n2C/C=C/c1ccc(-c2ccccc2)c(N(C(=O)O)[C@H]2CN3CCC2CC3)c1. The molecule has 3 saturated heterocycles. The van der Waals surface area contributed by atoms with E-state index in [1.165, 1.54) is 4.57 Å². The van der Waals surface area contributed by atoms with E-state index in [0.29, 0.717) is 22.7 Å². The average molecular weight is 538 g/mol. The largest absolute Gasteiger partial charge is 0.465 e. The van der Waals surface area contributed by atoms with Crippen LogP contribution in [0.1, 0.15) is 24.0 Å². The van der Waals surface area contributed by atoms with Crippen molar-refractivity contribution in [2.24, 2.45) is 5.92 Å². The maximum Gasteiger partial charge on any atom is 0.420 e. The summed E-state index contributed by atoms with van der Waals surface area (Å²) in [6, 6.07) is 21.0. The maximum absolute atomic E-state index is 12.8. The van der Waals surface area contributed by atoms with Crippen LogP contribution in [-0.4, -0.2) is 52.6 Å². The lowest BCUT2D eigenvalue weighted by molar-refractivity contribution is -0.107. The molecular formula is C32H31N3O5. The summed E-state index contributed by atoms with van der Waals surface area (Å²) >= 11 is 0. The van der Waals surface area contributed by atoms with E-state index in [0.717, 1.165) is 61.0 Å². The molecule has 1 amide bonds. The third kappa shape index (κ3) is 4.98. The molecular weight excluding hydrogens is 506 g/mol. The molecule has 0 radical (unpaired) electrons. The number of fused-ring (bicyclic) bond motifs is 4. The number of aromatic nitrogens is 1. The topological polar surface area (TPSA) is 96.0 Å². The summed E-state index contributed by atoms with van der Waals surface area (Å²) in [7, 11) is 0. The lowest BCUT2D eigenvalue weighted by Crippen LogP contribution is -2.59. The molecule has 4 aromatic rings. The molecule has 0 saturated carbocycles. The first-order chi connectivity index (χ1) is 19.5. The van der Waals surface area contributed by atoms with Crippen LogP contribution < -0.4 is 10.7 Å². The fourth-order valence-corrected chi connectivity index (χ4v) is 6.16. The van der Waals surface area contributed by atoms with E-state index in [9.17, 15) is 19.5 Å². The molecule has 3 aliphatic rings. The van der Waals surface area contributed by atoms with Gasteiger partial charge in [-0.3, -0.25) is 9.47 Å². The van der Waals surface area contributed by atoms with Crippen molar-refractivity contribution in [3.05, 3.63) is 94.5 Å². The average Bonchev–Trinajstić information content (AvgIpc) is 3.28. The summed E-state index contributed by atoms with van der Waals surface area (Å²) in [5.41, 5.74) is 5.25. The second kappa shape index (κ2) is 11.0. The molecule has 2 bridgehead atoms. The molecule has 3 fully saturated rings. The number of allylic oxidation sites excluding steroid dienone is 1. The van der Waals surface area contributed by atoms with Crippen molar-refractivity contribution in [3.8, 4) is 11.1 Å². The Morgan fingerprint density at radius 2 is 1.85 bits per heavy atom. The van der Waals surface area contributed by atoms with Gasteiger partial charge in [0.05, 0.1) is 17.2 Å². The molecule has 4 heterocycles. The van der Waals surface area contributed by atoms with Crippen LogP contribution in [-0.2, 0) is 17.8 Å². The smallest absolute Gasteiger partial charge is 0.420 e. The Morgan fingerprint density at radius 1 is 1.05 bits per heavy atom. The van der Waals surface area contributed by atoms with E-state index in [1.54, 1.807) is 17.0 Å². The summed E-state index contributed by atoms with van der Waals surface area (Å²) in [6.07, 6.45) is 5.94. The van der Waals surface area contributed by atoms with Gasteiger partial charge in [-0.05, 0) is 66.7 Å². The molecule has 1 N–H and O–H groups in total. The zero-order valence-corrected chi connectivity index (χ0v) is 22.1. The molecule has 3 aliphatic heterocycles. The van der Waals surface area contributed by atoms with Crippen molar-refractivity contribution >= 4 is 35.2 Å². The van der Waals surface area contributed by atoms with Crippen LogP contribution in [0.15, 0.2) is 82.0 Å². The molecule has 204 valence electrons. The summed E-state index contributed by atoms with van der Waals surface area (Å²) in [4.78, 5) is 40.1. The van der Waals surface area contributed by atoms with Crippen molar-refractivity contribution in [1.29, 1.82) is 0 Å². The van der Waals surface area contributed by atoms with E-state index in [2.05, 4.69) is 4.90 Å². The highest BCUT2D eigenvalue weighted by atomic mass is 16.4. The minimum atomic E-state index is -0.942. The third-order valence-corrected chi connectivity index (χ3v) is 8.18. The normalized spacial score (nSPS) is 20.2. The number of aldehydes is 1. The minimum absolute atomic E-state index is 0.0957. The predicted molar refractivity (Wildman–Crippen MR) is 155 cm³/mol. The number of rotatable bonds is 8. The Hall–Kier alpha value is -4.43. The summed E-state index contributed by atoms with van der Waals surface area (Å²) < 4.78 is 6.94. The fraction of sp³-hybridized carbons (Fsp3) is 0.281. The quantitative estimate of drug-likeness (QED) is 0.307.